The first-order valence-corrected chi connectivity index (χ1v) is 5.72. The number of methoxy groups -OCH3 is 1. The highest BCUT2D eigenvalue weighted by Gasteiger charge is 2.15. The summed E-state index contributed by atoms with van der Waals surface area (Å²) in [4.78, 5) is 4.10. The zero-order valence-corrected chi connectivity index (χ0v) is 10.7. The van der Waals surface area contributed by atoms with E-state index in [1.54, 1.807) is 13.3 Å². The molecule has 0 radical (unpaired) electrons. The van der Waals surface area contributed by atoms with Crippen LogP contribution >= 0.6 is 0 Å². The maximum Gasteiger partial charge on any atom is 0.213 e. The first-order valence-electron chi connectivity index (χ1n) is 5.72. The highest BCUT2D eigenvalue weighted by Crippen LogP contribution is 2.20. The van der Waals surface area contributed by atoms with Gasteiger partial charge < -0.3 is 10.1 Å². The second kappa shape index (κ2) is 6.09. The first kappa shape index (κ1) is 13.3. The van der Waals surface area contributed by atoms with E-state index in [1.807, 2.05) is 26.0 Å². The van der Waals surface area contributed by atoms with Crippen molar-refractivity contribution in [1.82, 2.24) is 4.98 Å². The highest BCUT2D eigenvalue weighted by atomic mass is 16.5. The summed E-state index contributed by atoms with van der Waals surface area (Å²) < 4.78 is 4.98. The average molecular weight is 233 g/mol. The van der Waals surface area contributed by atoms with E-state index < -0.39 is 0 Å². The minimum absolute atomic E-state index is 0.236. The molecule has 1 aromatic heterocycles. The minimum Gasteiger partial charge on any atom is -0.481 e. The van der Waals surface area contributed by atoms with Crippen molar-refractivity contribution in [1.29, 1.82) is 5.26 Å². The summed E-state index contributed by atoms with van der Waals surface area (Å²) >= 11 is 0. The van der Waals surface area contributed by atoms with Crippen LogP contribution in [-0.2, 0) is 0 Å². The number of pyridine rings is 1. The van der Waals surface area contributed by atoms with Crippen molar-refractivity contribution in [3.8, 4) is 11.9 Å². The molecule has 0 bridgehead atoms. The average Bonchev–Trinajstić information content (AvgIpc) is 2.35. The van der Waals surface area contributed by atoms with Crippen molar-refractivity contribution in [2.75, 3.05) is 19.0 Å². The van der Waals surface area contributed by atoms with Gasteiger partial charge in [0.1, 0.15) is 0 Å². The van der Waals surface area contributed by atoms with E-state index in [1.165, 1.54) is 0 Å². The number of hydrogen-bond donors (Lipinski definition) is 1. The predicted molar refractivity (Wildman–Crippen MR) is 67.9 cm³/mol. The zero-order chi connectivity index (χ0) is 12.7. The van der Waals surface area contributed by atoms with E-state index in [2.05, 4.69) is 16.4 Å². The lowest BCUT2D eigenvalue weighted by Gasteiger charge is -2.14. The van der Waals surface area contributed by atoms with Gasteiger partial charge in [-0.15, -0.1) is 0 Å². The van der Waals surface area contributed by atoms with Crippen LogP contribution in [0.2, 0.25) is 0 Å². The molecule has 1 N–H and O–H groups in total. The second-order valence-electron chi connectivity index (χ2n) is 4.62. The Morgan fingerprint density at radius 1 is 1.47 bits per heavy atom. The highest BCUT2D eigenvalue weighted by molar-refractivity contribution is 5.41. The van der Waals surface area contributed by atoms with E-state index in [0.29, 0.717) is 5.88 Å². The first-order chi connectivity index (χ1) is 8.07. The van der Waals surface area contributed by atoms with Gasteiger partial charge in [0.25, 0.3) is 0 Å². The smallest absolute Gasteiger partial charge is 0.213 e. The molecule has 1 heterocycles. The van der Waals surface area contributed by atoms with Crippen LogP contribution in [0.4, 0.5) is 5.69 Å². The maximum absolute atomic E-state index is 8.87. The molecular weight excluding hydrogens is 214 g/mol. The van der Waals surface area contributed by atoms with Gasteiger partial charge in [0.15, 0.2) is 0 Å². The molecule has 1 aromatic rings. The largest absolute Gasteiger partial charge is 0.481 e. The Kier molecular flexibility index (Phi) is 4.77. The standard InChI is InChI=1S/C13H19N3O/c1-13(2,10-14)7-4-8-15-11-5-6-12(17-3)16-9-11/h5-6,9,15H,4,7-8H2,1-3H3. The molecule has 4 nitrogen and oxygen atoms in total. The van der Waals surface area contributed by atoms with Gasteiger partial charge in [-0.1, -0.05) is 0 Å². The van der Waals surface area contributed by atoms with Crippen molar-refractivity contribution < 1.29 is 4.74 Å². The van der Waals surface area contributed by atoms with Gasteiger partial charge in [-0.2, -0.15) is 5.26 Å². The fourth-order valence-corrected chi connectivity index (χ4v) is 1.42. The Hall–Kier alpha value is -1.76. The predicted octanol–water partition coefficient (Wildman–Crippen LogP) is 2.83. The SMILES string of the molecule is COc1ccc(NCCCC(C)(C)C#N)cn1. The van der Waals surface area contributed by atoms with E-state index in [0.717, 1.165) is 25.1 Å². The minimum atomic E-state index is -0.236. The van der Waals surface area contributed by atoms with E-state index in [9.17, 15) is 0 Å². The number of hydrogen-bond acceptors (Lipinski definition) is 4. The molecule has 92 valence electrons. The van der Waals surface area contributed by atoms with Crippen LogP contribution in [0.5, 0.6) is 5.88 Å². The molecular formula is C13H19N3O. The third kappa shape index (κ3) is 4.73. The molecule has 0 amide bonds. The van der Waals surface area contributed by atoms with Crippen LogP contribution in [0.15, 0.2) is 18.3 Å². The fourth-order valence-electron chi connectivity index (χ4n) is 1.42. The van der Waals surface area contributed by atoms with E-state index >= 15 is 0 Å². The van der Waals surface area contributed by atoms with Gasteiger partial charge >= 0.3 is 0 Å². The van der Waals surface area contributed by atoms with Crippen LogP contribution < -0.4 is 10.1 Å². The number of rotatable bonds is 6. The molecule has 0 atom stereocenters. The number of anilines is 1. The van der Waals surface area contributed by atoms with Crippen LogP contribution in [0, 0.1) is 16.7 Å². The van der Waals surface area contributed by atoms with Crippen molar-refractivity contribution in [3.63, 3.8) is 0 Å². The van der Waals surface area contributed by atoms with Crippen LogP contribution in [0.1, 0.15) is 26.7 Å². The number of ether oxygens (including phenoxy) is 1. The maximum atomic E-state index is 8.87. The Balaban J connectivity index is 2.29. The summed E-state index contributed by atoms with van der Waals surface area (Å²) in [6, 6.07) is 6.05. The number of nitriles is 1. The Morgan fingerprint density at radius 2 is 2.24 bits per heavy atom. The molecule has 0 aromatic carbocycles. The van der Waals surface area contributed by atoms with Gasteiger partial charge in [0.05, 0.1) is 30.5 Å². The Bertz CT molecular complexity index is 379. The summed E-state index contributed by atoms with van der Waals surface area (Å²) in [5.74, 6) is 0.612. The van der Waals surface area contributed by atoms with Gasteiger partial charge in [0, 0.05) is 12.6 Å². The van der Waals surface area contributed by atoms with Gasteiger partial charge in [0.2, 0.25) is 5.88 Å². The molecule has 0 unspecified atom stereocenters. The number of aromatic nitrogens is 1. The molecule has 0 saturated heterocycles. The Morgan fingerprint density at radius 3 is 2.76 bits per heavy atom. The van der Waals surface area contributed by atoms with Crippen LogP contribution in [0.25, 0.3) is 0 Å². The van der Waals surface area contributed by atoms with Crippen LogP contribution in [-0.4, -0.2) is 18.6 Å². The topological polar surface area (TPSA) is 57.9 Å². The third-order valence-corrected chi connectivity index (χ3v) is 2.56. The second-order valence-corrected chi connectivity index (χ2v) is 4.62. The summed E-state index contributed by atoms with van der Waals surface area (Å²) in [6.45, 7) is 4.77. The normalized spacial score (nSPS) is 10.7. The van der Waals surface area contributed by atoms with Gasteiger partial charge in [-0.25, -0.2) is 4.98 Å². The summed E-state index contributed by atoms with van der Waals surface area (Å²) in [7, 11) is 1.60. The lowest BCUT2D eigenvalue weighted by Crippen LogP contribution is -2.11. The summed E-state index contributed by atoms with van der Waals surface area (Å²) in [5.41, 5.74) is 0.736. The molecule has 17 heavy (non-hydrogen) atoms. The summed E-state index contributed by atoms with van der Waals surface area (Å²) in [6.07, 6.45) is 3.60. The molecule has 0 aliphatic heterocycles. The molecule has 0 spiro atoms. The molecule has 0 saturated carbocycles. The quantitative estimate of drug-likeness (QED) is 0.767. The van der Waals surface area contributed by atoms with Crippen molar-refractivity contribution >= 4 is 5.69 Å². The molecule has 0 aliphatic rings. The fraction of sp³-hybridized carbons (Fsp3) is 0.538. The molecule has 0 aliphatic carbocycles. The zero-order valence-electron chi connectivity index (χ0n) is 10.7. The lowest BCUT2D eigenvalue weighted by atomic mass is 9.90. The monoisotopic (exact) mass is 233 g/mol. The van der Waals surface area contributed by atoms with Crippen molar-refractivity contribution in [3.05, 3.63) is 18.3 Å². The van der Waals surface area contributed by atoms with Crippen LogP contribution in [0.3, 0.4) is 0 Å². The van der Waals surface area contributed by atoms with Crippen molar-refractivity contribution in [2.45, 2.75) is 26.7 Å². The molecule has 1 rings (SSSR count). The van der Waals surface area contributed by atoms with Gasteiger partial charge in [-0.05, 0) is 32.8 Å². The molecule has 4 heteroatoms. The number of nitrogens with zero attached hydrogens (tertiary/aromatic N) is 2. The third-order valence-electron chi connectivity index (χ3n) is 2.56. The molecule has 0 fully saturated rings. The van der Waals surface area contributed by atoms with E-state index in [-0.39, 0.29) is 5.41 Å². The van der Waals surface area contributed by atoms with Crippen molar-refractivity contribution in [2.24, 2.45) is 5.41 Å². The summed E-state index contributed by atoms with van der Waals surface area (Å²) in [5, 5.41) is 12.1. The van der Waals surface area contributed by atoms with Gasteiger partial charge in [-0.3, -0.25) is 0 Å². The number of nitrogens with one attached hydrogen (secondary N) is 1. The van der Waals surface area contributed by atoms with E-state index in [4.69, 9.17) is 10.00 Å². The Labute approximate surface area is 103 Å². The lowest BCUT2D eigenvalue weighted by molar-refractivity contribution is 0.398.